The van der Waals surface area contributed by atoms with Gasteiger partial charge in [-0.3, -0.25) is 9.78 Å². The number of benzene rings is 1. The Balaban J connectivity index is 1.81. The summed E-state index contributed by atoms with van der Waals surface area (Å²) in [7, 11) is 0. The molecule has 0 N–H and O–H groups in total. The van der Waals surface area contributed by atoms with Crippen LogP contribution in [0.2, 0.25) is 5.02 Å². The normalized spacial score (nSPS) is 10.1. The van der Waals surface area contributed by atoms with Crippen molar-refractivity contribution in [2.24, 2.45) is 0 Å². The van der Waals surface area contributed by atoms with Crippen LogP contribution in [0.5, 0.6) is 11.6 Å². The predicted octanol–water partition coefficient (Wildman–Crippen LogP) is 4.46. The second-order valence-corrected chi connectivity index (χ2v) is 5.92. The summed E-state index contributed by atoms with van der Waals surface area (Å²) < 4.78 is 5.63. The highest BCUT2D eigenvalue weighted by Gasteiger charge is 2.18. The Morgan fingerprint density at radius 3 is 2.63 bits per heavy atom. The molecular weight excluding hydrogens is 364 g/mol. The smallest absolute Gasteiger partial charge is 0.259 e. The number of aromatic nitrogens is 2. The van der Waals surface area contributed by atoms with E-state index < -0.39 is 0 Å². The molecule has 0 radical (unpaired) electrons. The molecule has 0 atom stereocenters. The van der Waals surface area contributed by atoms with E-state index in [0.29, 0.717) is 29.1 Å². The van der Waals surface area contributed by atoms with Gasteiger partial charge in [-0.2, -0.15) is 5.26 Å². The van der Waals surface area contributed by atoms with E-state index in [1.165, 1.54) is 12.3 Å². The molecule has 0 aliphatic carbocycles. The Kier molecular flexibility index (Phi) is 5.64. The van der Waals surface area contributed by atoms with E-state index >= 15 is 0 Å². The molecule has 2 aromatic heterocycles. The molecule has 1 amide bonds. The molecule has 0 fully saturated rings. The summed E-state index contributed by atoms with van der Waals surface area (Å²) in [6, 6.07) is 13.7. The molecule has 3 rings (SSSR count). The van der Waals surface area contributed by atoms with E-state index in [2.05, 4.69) is 9.97 Å². The van der Waals surface area contributed by atoms with Crippen LogP contribution in [-0.2, 0) is 0 Å². The van der Waals surface area contributed by atoms with Crippen LogP contribution in [0.3, 0.4) is 0 Å². The van der Waals surface area contributed by atoms with Crippen molar-refractivity contribution >= 4 is 23.2 Å². The molecule has 0 aliphatic heterocycles. The van der Waals surface area contributed by atoms with Gasteiger partial charge in [-0.15, -0.1) is 0 Å². The molecule has 7 heteroatoms. The topological polar surface area (TPSA) is 79.1 Å². The Labute approximate surface area is 161 Å². The number of hydrogen-bond donors (Lipinski definition) is 0. The summed E-state index contributed by atoms with van der Waals surface area (Å²) in [5.41, 5.74) is 1.56. The summed E-state index contributed by atoms with van der Waals surface area (Å²) in [4.78, 5) is 22.6. The third-order valence-electron chi connectivity index (χ3n) is 3.77. The van der Waals surface area contributed by atoms with Gasteiger partial charge in [-0.1, -0.05) is 11.6 Å². The Hall–Kier alpha value is -3.43. The van der Waals surface area contributed by atoms with Gasteiger partial charge in [0.2, 0.25) is 5.88 Å². The molecule has 0 bridgehead atoms. The van der Waals surface area contributed by atoms with Gasteiger partial charge in [-0.25, -0.2) is 4.98 Å². The standard InChI is InChI=1S/C20H15ClN4O2/c1-2-25(16-4-3-9-23-13-16)20(26)15-10-18(21)19(24-12-15)27-17-7-5-14(11-22)6-8-17/h3-10,12-13H,2H2,1H3. The largest absolute Gasteiger partial charge is 0.438 e. The fourth-order valence-electron chi connectivity index (χ4n) is 2.44. The van der Waals surface area contributed by atoms with Gasteiger partial charge in [0.15, 0.2) is 0 Å². The van der Waals surface area contributed by atoms with Gasteiger partial charge in [-0.05, 0) is 49.4 Å². The number of anilines is 1. The second-order valence-electron chi connectivity index (χ2n) is 5.51. The highest BCUT2D eigenvalue weighted by molar-refractivity contribution is 6.32. The van der Waals surface area contributed by atoms with E-state index in [0.717, 1.165) is 0 Å². The zero-order valence-corrected chi connectivity index (χ0v) is 15.2. The van der Waals surface area contributed by atoms with Crippen LogP contribution in [0, 0.1) is 11.3 Å². The van der Waals surface area contributed by atoms with Crippen LogP contribution in [-0.4, -0.2) is 22.4 Å². The van der Waals surface area contributed by atoms with E-state index in [4.69, 9.17) is 21.6 Å². The van der Waals surface area contributed by atoms with E-state index in [9.17, 15) is 4.79 Å². The molecule has 0 saturated heterocycles. The van der Waals surface area contributed by atoms with Crippen molar-refractivity contribution in [1.82, 2.24) is 9.97 Å². The minimum Gasteiger partial charge on any atom is -0.438 e. The first kappa shape index (κ1) is 18.4. The molecular formula is C20H15ClN4O2. The summed E-state index contributed by atoms with van der Waals surface area (Å²) in [6.07, 6.45) is 4.70. The van der Waals surface area contributed by atoms with Crippen molar-refractivity contribution in [3.63, 3.8) is 0 Å². The van der Waals surface area contributed by atoms with E-state index in [-0.39, 0.29) is 16.8 Å². The number of pyridine rings is 2. The average Bonchev–Trinajstić information content (AvgIpc) is 2.71. The number of nitriles is 1. The molecule has 0 aliphatic rings. The lowest BCUT2D eigenvalue weighted by Gasteiger charge is -2.20. The number of nitrogens with zero attached hydrogens (tertiary/aromatic N) is 4. The van der Waals surface area contributed by atoms with Crippen LogP contribution >= 0.6 is 11.6 Å². The zero-order chi connectivity index (χ0) is 19.2. The second kappa shape index (κ2) is 8.30. The van der Waals surface area contributed by atoms with Crippen molar-refractivity contribution in [2.45, 2.75) is 6.92 Å². The quantitative estimate of drug-likeness (QED) is 0.654. The van der Waals surface area contributed by atoms with Crippen LogP contribution in [0.25, 0.3) is 0 Å². The fraction of sp³-hybridized carbons (Fsp3) is 0.100. The van der Waals surface area contributed by atoms with Crippen molar-refractivity contribution in [3.05, 3.63) is 77.2 Å². The lowest BCUT2D eigenvalue weighted by Crippen LogP contribution is -2.30. The van der Waals surface area contributed by atoms with Crippen LogP contribution < -0.4 is 9.64 Å². The van der Waals surface area contributed by atoms with Gasteiger partial charge in [0, 0.05) is 18.9 Å². The molecule has 1 aromatic carbocycles. The monoisotopic (exact) mass is 378 g/mol. The third-order valence-corrected chi connectivity index (χ3v) is 4.04. The van der Waals surface area contributed by atoms with Crippen LogP contribution in [0.15, 0.2) is 61.1 Å². The first-order valence-corrected chi connectivity index (χ1v) is 8.55. The Morgan fingerprint density at radius 2 is 2.04 bits per heavy atom. The van der Waals surface area contributed by atoms with Crippen molar-refractivity contribution in [1.29, 1.82) is 5.26 Å². The number of carbonyl (C=O) groups excluding carboxylic acids is 1. The Bertz CT molecular complexity index is 985. The number of carbonyl (C=O) groups is 1. The van der Waals surface area contributed by atoms with Crippen molar-refractivity contribution in [3.8, 4) is 17.7 Å². The minimum atomic E-state index is -0.232. The molecule has 0 unspecified atom stereocenters. The van der Waals surface area contributed by atoms with E-state index in [1.807, 2.05) is 19.1 Å². The minimum absolute atomic E-state index is 0.183. The zero-order valence-electron chi connectivity index (χ0n) is 14.5. The maximum absolute atomic E-state index is 12.8. The van der Waals surface area contributed by atoms with Gasteiger partial charge < -0.3 is 9.64 Å². The SMILES string of the molecule is CCN(C(=O)c1cnc(Oc2ccc(C#N)cc2)c(Cl)c1)c1cccnc1. The molecule has 2 heterocycles. The number of amides is 1. The van der Waals surface area contributed by atoms with Gasteiger partial charge in [0.05, 0.1) is 29.1 Å². The first-order chi connectivity index (χ1) is 13.1. The third kappa shape index (κ3) is 4.22. The predicted molar refractivity (Wildman–Crippen MR) is 102 cm³/mol. The fourth-order valence-corrected chi connectivity index (χ4v) is 2.64. The van der Waals surface area contributed by atoms with Gasteiger partial charge in [0.25, 0.3) is 5.91 Å². The molecule has 0 spiro atoms. The van der Waals surface area contributed by atoms with Crippen molar-refractivity contribution in [2.75, 3.05) is 11.4 Å². The molecule has 0 saturated carbocycles. The number of ether oxygens (including phenoxy) is 1. The highest BCUT2D eigenvalue weighted by atomic mass is 35.5. The lowest BCUT2D eigenvalue weighted by molar-refractivity contribution is 0.0988. The molecule has 6 nitrogen and oxygen atoms in total. The van der Waals surface area contributed by atoms with E-state index in [1.54, 1.807) is 47.6 Å². The highest BCUT2D eigenvalue weighted by Crippen LogP contribution is 2.28. The summed E-state index contributed by atoms with van der Waals surface area (Å²) >= 11 is 6.25. The maximum atomic E-state index is 12.8. The Morgan fingerprint density at radius 1 is 1.26 bits per heavy atom. The lowest BCUT2D eigenvalue weighted by atomic mass is 10.2. The summed E-state index contributed by atoms with van der Waals surface area (Å²) in [5.74, 6) is 0.445. The molecule has 27 heavy (non-hydrogen) atoms. The number of rotatable bonds is 5. The van der Waals surface area contributed by atoms with Crippen LogP contribution in [0.4, 0.5) is 5.69 Å². The molecule has 3 aromatic rings. The first-order valence-electron chi connectivity index (χ1n) is 8.18. The average molecular weight is 379 g/mol. The number of halogens is 1. The maximum Gasteiger partial charge on any atom is 0.259 e. The van der Waals surface area contributed by atoms with Gasteiger partial charge >= 0.3 is 0 Å². The molecule has 134 valence electrons. The van der Waals surface area contributed by atoms with Crippen molar-refractivity contribution < 1.29 is 9.53 Å². The summed E-state index contributed by atoms with van der Waals surface area (Å²) in [6.45, 7) is 2.36. The summed E-state index contributed by atoms with van der Waals surface area (Å²) in [5, 5.41) is 9.04. The number of hydrogen-bond acceptors (Lipinski definition) is 5. The van der Waals surface area contributed by atoms with Crippen LogP contribution in [0.1, 0.15) is 22.8 Å². The van der Waals surface area contributed by atoms with Gasteiger partial charge in [0.1, 0.15) is 10.8 Å².